The maximum atomic E-state index is 5.97. The first-order valence-electron chi connectivity index (χ1n) is 6.20. The first-order chi connectivity index (χ1) is 8.07. The lowest BCUT2D eigenvalue weighted by Crippen LogP contribution is -2.48. The lowest BCUT2D eigenvalue weighted by molar-refractivity contribution is 0.165. The Hall–Kier alpha value is -0.570. The fourth-order valence-electron chi connectivity index (χ4n) is 2.90. The second kappa shape index (κ2) is 4.97. The number of likely N-dealkylation sites (N-methyl/N-ethyl adjacent to an activating group) is 1. The summed E-state index contributed by atoms with van der Waals surface area (Å²) in [7, 11) is 4.27. The molecule has 1 aromatic rings. The van der Waals surface area contributed by atoms with Crippen LogP contribution in [0, 0.1) is 0 Å². The first-order valence-corrected chi connectivity index (χ1v) is 6.58. The minimum Gasteiger partial charge on any atom is -0.329 e. The van der Waals surface area contributed by atoms with E-state index in [9.17, 15) is 0 Å². The lowest BCUT2D eigenvalue weighted by Gasteiger charge is -2.35. The number of halogens is 1. The molecule has 0 aliphatic heterocycles. The maximum Gasteiger partial charge on any atom is 0.0406 e. The van der Waals surface area contributed by atoms with Crippen molar-refractivity contribution in [3.8, 4) is 0 Å². The Labute approximate surface area is 109 Å². The molecule has 0 aromatic heterocycles. The van der Waals surface area contributed by atoms with Crippen molar-refractivity contribution in [3.05, 3.63) is 34.9 Å². The summed E-state index contributed by atoms with van der Waals surface area (Å²) in [5.41, 5.74) is 7.55. The molecule has 2 unspecified atom stereocenters. The Balaban J connectivity index is 2.14. The van der Waals surface area contributed by atoms with Gasteiger partial charge in [0, 0.05) is 17.1 Å². The molecule has 2 N–H and O–H groups in total. The van der Waals surface area contributed by atoms with Crippen LogP contribution in [-0.4, -0.2) is 31.1 Å². The second-order valence-electron chi connectivity index (χ2n) is 5.31. The Morgan fingerprint density at radius 1 is 1.35 bits per heavy atom. The van der Waals surface area contributed by atoms with Crippen molar-refractivity contribution >= 4 is 11.6 Å². The second-order valence-corrected chi connectivity index (χ2v) is 5.75. The van der Waals surface area contributed by atoms with Gasteiger partial charge in [-0.3, -0.25) is 0 Å². The molecule has 0 bridgehead atoms. The Bertz CT molecular complexity index is 374. The number of hydrogen-bond donors (Lipinski definition) is 1. The van der Waals surface area contributed by atoms with Crippen molar-refractivity contribution in [2.75, 3.05) is 20.6 Å². The topological polar surface area (TPSA) is 29.3 Å². The molecule has 2 nitrogen and oxygen atoms in total. The van der Waals surface area contributed by atoms with E-state index in [0.717, 1.165) is 18.0 Å². The molecule has 1 fully saturated rings. The van der Waals surface area contributed by atoms with Gasteiger partial charge in [-0.25, -0.2) is 0 Å². The predicted octanol–water partition coefficient (Wildman–Crippen LogP) is 2.87. The summed E-state index contributed by atoms with van der Waals surface area (Å²) < 4.78 is 0. The third-order valence-electron chi connectivity index (χ3n) is 4.25. The standard InChI is InChI=1S/C14H21ClN2/c1-17(2)14(10-16)8-7-12(9-14)11-3-5-13(15)6-4-11/h3-6,12H,7-10,16H2,1-2H3. The van der Waals surface area contributed by atoms with Crippen LogP contribution in [0.4, 0.5) is 0 Å². The summed E-state index contributed by atoms with van der Waals surface area (Å²) in [4.78, 5) is 2.29. The van der Waals surface area contributed by atoms with Crippen LogP contribution in [0.5, 0.6) is 0 Å². The largest absolute Gasteiger partial charge is 0.329 e. The van der Waals surface area contributed by atoms with E-state index in [-0.39, 0.29) is 5.54 Å². The van der Waals surface area contributed by atoms with E-state index < -0.39 is 0 Å². The van der Waals surface area contributed by atoms with Crippen LogP contribution in [0.25, 0.3) is 0 Å². The minimum atomic E-state index is 0.185. The van der Waals surface area contributed by atoms with Gasteiger partial charge in [-0.2, -0.15) is 0 Å². The van der Waals surface area contributed by atoms with E-state index in [2.05, 4.69) is 31.1 Å². The normalized spacial score (nSPS) is 28.9. The Kier molecular flexibility index (Phi) is 3.76. The van der Waals surface area contributed by atoms with E-state index in [1.165, 1.54) is 18.4 Å². The van der Waals surface area contributed by atoms with Crippen molar-refractivity contribution in [3.63, 3.8) is 0 Å². The highest BCUT2D eigenvalue weighted by atomic mass is 35.5. The molecule has 0 heterocycles. The molecule has 94 valence electrons. The molecule has 0 spiro atoms. The molecule has 1 saturated carbocycles. The third-order valence-corrected chi connectivity index (χ3v) is 4.51. The van der Waals surface area contributed by atoms with Gasteiger partial charge in [-0.15, -0.1) is 0 Å². The molecule has 17 heavy (non-hydrogen) atoms. The summed E-state index contributed by atoms with van der Waals surface area (Å²) in [5.74, 6) is 0.623. The smallest absolute Gasteiger partial charge is 0.0406 e. The van der Waals surface area contributed by atoms with E-state index in [4.69, 9.17) is 17.3 Å². The number of nitrogens with two attached hydrogens (primary N) is 1. The van der Waals surface area contributed by atoms with Crippen LogP contribution >= 0.6 is 11.6 Å². The number of hydrogen-bond acceptors (Lipinski definition) is 2. The van der Waals surface area contributed by atoms with Gasteiger partial charge in [0.2, 0.25) is 0 Å². The van der Waals surface area contributed by atoms with Crippen molar-refractivity contribution in [2.24, 2.45) is 5.73 Å². The van der Waals surface area contributed by atoms with Crippen LogP contribution < -0.4 is 5.73 Å². The summed E-state index contributed by atoms with van der Waals surface area (Å²) in [6.45, 7) is 0.740. The van der Waals surface area contributed by atoms with E-state index in [0.29, 0.717) is 5.92 Å². The van der Waals surface area contributed by atoms with Gasteiger partial charge in [0.25, 0.3) is 0 Å². The van der Waals surface area contributed by atoms with Crippen LogP contribution in [0.2, 0.25) is 5.02 Å². The van der Waals surface area contributed by atoms with Gasteiger partial charge in [0.05, 0.1) is 0 Å². The Morgan fingerprint density at radius 2 is 2.00 bits per heavy atom. The fraction of sp³-hybridized carbons (Fsp3) is 0.571. The summed E-state index contributed by atoms with van der Waals surface area (Å²) in [5, 5.41) is 0.810. The average Bonchev–Trinajstić information content (AvgIpc) is 2.75. The lowest BCUT2D eigenvalue weighted by atomic mass is 9.91. The van der Waals surface area contributed by atoms with Crippen molar-refractivity contribution in [2.45, 2.75) is 30.7 Å². The number of benzene rings is 1. The molecule has 1 aliphatic rings. The molecule has 2 rings (SSSR count). The fourth-order valence-corrected chi connectivity index (χ4v) is 3.03. The van der Waals surface area contributed by atoms with Crippen LogP contribution in [0.1, 0.15) is 30.7 Å². The van der Waals surface area contributed by atoms with E-state index in [1.54, 1.807) is 0 Å². The molecule has 0 saturated heterocycles. The maximum absolute atomic E-state index is 5.97. The van der Waals surface area contributed by atoms with Gasteiger partial charge >= 0.3 is 0 Å². The van der Waals surface area contributed by atoms with E-state index >= 15 is 0 Å². The molecule has 1 aromatic carbocycles. The summed E-state index contributed by atoms with van der Waals surface area (Å²) in [6.07, 6.45) is 3.55. The molecule has 3 heteroatoms. The van der Waals surface area contributed by atoms with Crippen molar-refractivity contribution < 1.29 is 0 Å². The predicted molar refractivity (Wildman–Crippen MR) is 73.5 cm³/mol. The van der Waals surface area contributed by atoms with Gasteiger partial charge in [-0.05, 0) is 57.0 Å². The summed E-state index contributed by atoms with van der Waals surface area (Å²) in [6, 6.07) is 8.26. The first kappa shape index (κ1) is 12.9. The summed E-state index contributed by atoms with van der Waals surface area (Å²) >= 11 is 5.92. The number of rotatable bonds is 3. The van der Waals surface area contributed by atoms with Crippen LogP contribution in [-0.2, 0) is 0 Å². The van der Waals surface area contributed by atoms with E-state index in [1.807, 2.05) is 12.1 Å². The van der Waals surface area contributed by atoms with Gasteiger partial charge in [0.15, 0.2) is 0 Å². The average molecular weight is 253 g/mol. The van der Waals surface area contributed by atoms with Crippen molar-refractivity contribution in [1.82, 2.24) is 4.90 Å². The number of nitrogens with zero attached hydrogens (tertiary/aromatic N) is 1. The molecule has 2 atom stereocenters. The molecule has 1 aliphatic carbocycles. The zero-order valence-corrected chi connectivity index (χ0v) is 11.4. The van der Waals surface area contributed by atoms with Crippen LogP contribution in [0.3, 0.4) is 0 Å². The molecule has 0 amide bonds. The third kappa shape index (κ3) is 2.49. The Morgan fingerprint density at radius 3 is 2.47 bits per heavy atom. The minimum absolute atomic E-state index is 0.185. The highest BCUT2D eigenvalue weighted by Crippen LogP contribution is 2.42. The SMILES string of the molecule is CN(C)C1(CN)CCC(c2ccc(Cl)cc2)C1. The zero-order valence-electron chi connectivity index (χ0n) is 10.6. The van der Waals surface area contributed by atoms with Gasteiger partial charge in [0.1, 0.15) is 0 Å². The van der Waals surface area contributed by atoms with Crippen molar-refractivity contribution in [1.29, 1.82) is 0 Å². The molecular formula is C14H21ClN2. The molecule has 0 radical (unpaired) electrons. The highest BCUT2D eigenvalue weighted by molar-refractivity contribution is 6.30. The van der Waals surface area contributed by atoms with Gasteiger partial charge in [-0.1, -0.05) is 23.7 Å². The quantitative estimate of drug-likeness (QED) is 0.897. The highest BCUT2D eigenvalue weighted by Gasteiger charge is 2.40. The van der Waals surface area contributed by atoms with Gasteiger partial charge < -0.3 is 10.6 Å². The monoisotopic (exact) mass is 252 g/mol. The zero-order chi connectivity index (χ0) is 12.5. The van der Waals surface area contributed by atoms with Crippen LogP contribution in [0.15, 0.2) is 24.3 Å². The molecular weight excluding hydrogens is 232 g/mol.